The van der Waals surface area contributed by atoms with E-state index in [1.54, 1.807) is 23.1 Å². The van der Waals surface area contributed by atoms with Crippen LogP contribution in [0.2, 0.25) is 0 Å². The molecule has 0 bridgehead atoms. The van der Waals surface area contributed by atoms with Crippen LogP contribution in [0.15, 0.2) is 42.7 Å². The Hall–Kier alpha value is -2.21. The molecule has 1 heterocycles. The minimum atomic E-state index is -0.444. The highest BCUT2D eigenvalue weighted by atomic mass is 35.5. The fourth-order valence-corrected chi connectivity index (χ4v) is 1.59. The fourth-order valence-electron chi connectivity index (χ4n) is 1.51. The molecular formula is C12H11ClN4O2. The quantitative estimate of drug-likeness (QED) is 0.365. The third-order valence-electron chi connectivity index (χ3n) is 2.45. The third kappa shape index (κ3) is 3.17. The number of halogens is 1. The SMILES string of the molecule is C=C(CCl)Cn1cnc(-c2ccc([N+](=O)[O-])cc2)n1. The van der Waals surface area contributed by atoms with Crippen molar-refractivity contribution in [3.8, 4) is 11.4 Å². The first-order valence-electron chi connectivity index (χ1n) is 5.47. The van der Waals surface area contributed by atoms with Crippen LogP contribution in [0, 0.1) is 10.1 Å². The Bertz CT molecular complexity index is 606. The van der Waals surface area contributed by atoms with Crippen molar-refractivity contribution in [2.75, 3.05) is 5.88 Å². The average molecular weight is 279 g/mol. The molecule has 0 N–H and O–H groups in total. The molecule has 0 atom stereocenters. The van der Waals surface area contributed by atoms with Crippen molar-refractivity contribution in [3.63, 3.8) is 0 Å². The second-order valence-electron chi connectivity index (χ2n) is 3.95. The van der Waals surface area contributed by atoms with Crippen LogP contribution in [0.4, 0.5) is 5.69 Å². The monoisotopic (exact) mass is 278 g/mol. The Labute approximate surface area is 114 Å². The van der Waals surface area contributed by atoms with Gasteiger partial charge in [-0.2, -0.15) is 5.10 Å². The van der Waals surface area contributed by atoms with Gasteiger partial charge in [-0.1, -0.05) is 6.58 Å². The summed E-state index contributed by atoms with van der Waals surface area (Å²) in [5.74, 6) is 0.879. The smallest absolute Gasteiger partial charge is 0.258 e. The van der Waals surface area contributed by atoms with E-state index in [0.717, 1.165) is 11.1 Å². The normalized spacial score (nSPS) is 10.4. The molecule has 0 aliphatic heterocycles. The van der Waals surface area contributed by atoms with E-state index >= 15 is 0 Å². The average Bonchev–Trinajstić information content (AvgIpc) is 2.87. The van der Waals surface area contributed by atoms with Crippen molar-refractivity contribution < 1.29 is 4.92 Å². The number of alkyl halides is 1. The summed E-state index contributed by atoms with van der Waals surface area (Å²) in [6.45, 7) is 4.29. The molecule has 6 nitrogen and oxygen atoms in total. The maximum Gasteiger partial charge on any atom is 0.269 e. The van der Waals surface area contributed by atoms with E-state index in [0.29, 0.717) is 18.2 Å². The number of hydrogen-bond acceptors (Lipinski definition) is 4. The van der Waals surface area contributed by atoms with Crippen LogP contribution in [-0.2, 0) is 6.54 Å². The van der Waals surface area contributed by atoms with Crippen molar-refractivity contribution in [3.05, 3.63) is 52.9 Å². The molecule has 0 amide bonds. The first-order chi connectivity index (χ1) is 9.10. The predicted molar refractivity (Wildman–Crippen MR) is 72.0 cm³/mol. The van der Waals surface area contributed by atoms with Crippen molar-refractivity contribution >= 4 is 17.3 Å². The standard InChI is InChI=1S/C12H11ClN4O2/c1-9(6-13)7-16-8-14-12(15-16)10-2-4-11(5-3-10)17(18)19/h2-5,8H,1,6-7H2. The van der Waals surface area contributed by atoms with Crippen molar-refractivity contribution in [2.24, 2.45) is 0 Å². The molecule has 0 spiro atoms. The molecule has 1 aromatic carbocycles. The van der Waals surface area contributed by atoms with E-state index in [1.165, 1.54) is 12.1 Å². The molecule has 19 heavy (non-hydrogen) atoms. The van der Waals surface area contributed by atoms with Gasteiger partial charge in [-0.3, -0.25) is 10.1 Å². The molecule has 2 rings (SSSR count). The number of benzene rings is 1. The summed E-state index contributed by atoms with van der Waals surface area (Å²) in [6.07, 6.45) is 1.58. The second kappa shape index (κ2) is 5.62. The lowest BCUT2D eigenvalue weighted by Crippen LogP contribution is -2.01. The molecule has 0 unspecified atom stereocenters. The number of nitrogens with zero attached hydrogens (tertiary/aromatic N) is 4. The Morgan fingerprint density at radius 1 is 1.42 bits per heavy atom. The number of non-ortho nitro benzene ring substituents is 1. The van der Waals surface area contributed by atoms with Gasteiger partial charge in [0.15, 0.2) is 5.82 Å². The van der Waals surface area contributed by atoms with Crippen LogP contribution in [-0.4, -0.2) is 25.6 Å². The number of nitro groups is 1. The Morgan fingerprint density at radius 3 is 2.68 bits per heavy atom. The van der Waals surface area contributed by atoms with E-state index in [1.807, 2.05) is 0 Å². The molecule has 0 saturated carbocycles. The van der Waals surface area contributed by atoms with E-state index in [-0.39, 0.29) is 5.69 Å². The molecule has 7 heteroatoms. The van der Waals surface area contributed by atoms with Crippen molar-refractivity contribution in [2.45, 2.75) is 6.54 Å². The summed E-state index contributed by atoms with van der Waals surface area (Å²) in [6, 6.07) is 6.09. The molecule has 0 fully saturated rings. The predicted octanol–water partition coefficient (Wildman–Crippen LogP) is 2.65. The number of rotatable bonds is 5. The lowest BCUT2D eigenvalue weighted by molar-refractivity contribution is -0.384. The van der Waals surface area contributed by atoms with E-state index in [4.69, 9.17) is 11.6 Å². The van der Waals surface area contributed by atoms with Gasteiger partial charge in [0.05, 0.1) is 11.5 Å². The maximum absolute atomic E-state index is 10.6. The summed E-state index contributed by atoms with van der Waals surface area (Å²) in [5, 5.41) is 14.8. The molecule has 98 valence electrons. The van der Waals surface area contributed by atoms with Gasteiger partial charge in [0.1, 0.15) is 6.33 Å². The Morgan fingerprint density at radius 2 is 2.11 bits per heavy atom. The molecular weight excluding hydrogens is 268 g/mol. The highest BCUT2D eigenvalue weighted by Crippen LogP contribution is 2.19. The van der Waals surface area contributed by atoms with Gasteiger partial charge in [-0.05, 0) is 17.7 Å². The van der Waals surface area contributed by atoms with Crippen LogP contribution < -0.4 is 0 Å². The van der Waals surface area contributed by atoms with Gasteiger partial charge >= 0.3 is 0 Å². The van der Waals surface area contributed by atoms with E-state index < -0.39 is 4.92 Å². The summed E-state index contributed by atoms with van der Waals surface area (Å²) in [4.78, 5) is 14.3. The topological polar surface area (TPSA) is 73.8 Å². The summed E-state index contributed by atoms with van der Waals surface area (Å²) in [5.41, 5.74) is 1.60. The van der Waals surface area contributed by atoms with Crippen LogP contribution >= 0.6 is 11.6 Å². The minimum Gasteiger partial charge on any atom is -0.258 e. The first-order valence-corrected chi connectivity index (χ1v) is 6.00. The zero-order chi connectivity index (χ0) is 13.8. The van der Waals surface area contributed by atoms with E-state index in [2.05, 4.69) is 16.7 Å². The summed E-state index contributed by atoms with van der Waals surface area (Å²) in [7, 11) is 0. The van der Waals surface area contributed by atoms with Crippen LogP contribution in [0.1, 0.15) is 0 Å². The van der Waals surface area contributed by atoms with Gasteiger partial charge in [0, 0.05) is 23.6 Å². The van der Waals surface area contributed by atoms with E-state index in [9.17, 15) is 10.1 Å². The lowest BCUT2D eigenvalue weighted by Gasteiger charge is -2.00. The van der Waals surface area contributed by atoms with Gasteiger partial charge in [0.2, 0.25) is 0 Å². The number of nitro benzene ring substituents is 1. The molecule has 0 aliphatic carbocycles. The van der Waals surface area contributed by atoms with Gasteiger partial charge in [-0.15, -0.1) is 11.6 Å². The van der Waals surface area contributed by atoms with Gasteiger partial charge in [-0.25, -0.2) is 9.67 Å². The van der Waals surface area contributed by atoms with Crippen molar-refractivity contribution in [1.82, 2.24) is 14.8 Å². The molecule has 1 aromatic heterocycles. The largest absolute Gasteiger partial charge is 0.269 e. The summed E-state index contributed by atoms with van der Waals surface area (Å²) < 4.78 is 1.63. The number of aromatic nitrogens is 3. The fraction of sp³-hybridized carbons (Fsp3) is 0.167. The van der Waals surface area contributed by atoms with Crippen LogP contribution in [0.25, 0.3) is 11.4 Å². The number of hydrogen-bond donors (Lipinski definition) is 0. The maximum atomic E-state index is 10.6. The van der Waals surface area contributed by atoms with Crippen LogP contribution in [0.5, 0.6) is 0 Å². The first kappa shape index (κ1) is 13.2. The lowest BCUT2D eigenvalue weighted by atomic mass is 10.2. The second-order valence-corrected chi connectivity index (χ2v) is 4.22. The third-order valence-corrected chi connectivity index (χ3v) is 2.83. The van der Waals surface area contributed by atoms with Crippen LogP contribution in [0.3, 0.4) is 0 Å². The Kier molecular flexibility index (Phi) is 3.91. The zero-order valence-corrected chi connectivity index (χ0v) is 10.7. The highest BCUT2D eigenvalue weighted by molar-refractivity contribution is 6.19. The van der Waals surface area contributed by atoms with Crippen molar-refractivity contribution in [1.29, 1.82) is 0 Å². The number of allylic oxidation sites excluding steroid dienone is 1. The molecule has 0 saturated heterocycles. The van der Waals surface area contributed by atoms with Gasteiger partial charge in [0.25, 0.3) is 5.69 Å². The highest BCUT2D eigenvalue weighted by Gasteiger charge is 2.08. The zero-order valence-electron chi connectivity index (χ0n) is 9.99. The van der Waals surface area contributed by atoms with Gasteiger partial charge < -0.3 is 0 Å². The minimum absolute atomic E-state index is 0.0405. The molecule has 0 aliphatic rings. The summed E-state index contributed by atoms with van der Waals surface area (Å²) >= 11 is 5.65. The Balaban J connectivity index is 2.18. The molecule has 0 radical (unpaired) electrons. The molecule has 2 aromatic rings.